The molecule has 0 fully saturated rings. The number of nitrogens with zero attached hydrogens (tertiary/aromatic N) is 1. The predicted octanol–water partition coefficient (Wildman–Crippen LogP) is 1.75. The molecule has 0 aromatic heterocycles. The Morgan fingerprint density at radius 3 is 2.67 bits per heavy atom. The molecule has 4 nitrogen and oxygen atoms in total. The van der Waals surface area contributed by atoms with Crippen molar-refractivity contribution in [3.05, 3.63) is 29.3 Å². The van der Waals surface area contributed by atoms with Crippen molar-refractivity contribution in [3.8, 4) is 6.07 Å². The van der Waals surface area contributed by atoms with Gasteiger partial charge in [0, 0.05) is 16.9 Å². The van der Waals surface area contributed by atoms with Crippen LogP contribution in [0.3, 0.4) is 0 Å². The minimum absolute atomic E-state index is 0.0771. The zero-order valence-electron chi connectivity index (χ0n) is 10.3. The molecule has 0 amide bonds. The van der Waals surface area contributed by atoms with E-state index in [2.05, 4.69) is 0 Å². The third kappa shape index (κ3) is 4.69. The number of nitriles is 1. The smallest absolute Gasteiger partial charge is 0.148 e. The minimum Gasteiger partial charge on any atom is -0.389 e. The second-order valence-electron chi connectivity index (χ2n) is 4.02. The first kappa shape index (κ1) is 15.0. The maximum absolute atomic E-state index is 11.0. The first-order valence-electron chi connectivity index (χ1n) is 5.36. The van der Waals surface area contributed by atoms with Crippen LogP contribution in [0.2, 0.25) is 0 Å². The molecular formula is C12H15NO3S2. The van der Waals surface area contributed by atoms with Crippen molar-refractivity contribution in [2.75, 3.05) is 17.8 Å². The second kappa shape index (κ2) is 6.23. The fourth-order valence-corrected chi connectivity index (χ4v) is 3.76. The summed E-state index contributed by atoms with van der Waals surface area (Å²) in [6.45, 7) is 1.64. The summed E-state index contributed by atoms with van der Waals surface area (Å²) in [6.07, 6.45) is 0.549. The lowest BCUT2D eigenvalue weighted by atomic mass is 10.1. The van der Waals surface area contributed by atoms with Crippen molar-refractivity contribution in [1.29, 1.82) is 5.26 Å². The van der Waals surface area contributed by atoms with E-state index >= 15 is 0 Å². The molecule has 0 aliphatic heterocycles. The van der Waals surface area contributed by atoms with Gasteiger partial charge in [-0.25, -0.2) is 8.42 Å². The highest BCUT2D eigenvalue weighted by molar-refractivity contribution is 8.00. The van der Waals surface area contributed by atoms with Crippen LogP contribution in [0.15, 0.2) is 23.1 Å². The van der Waals surface area contributed by atoms with Crippen molar-refractivity contribution in [2.45, 2.75) is 17.9 Å². The molecule has 0 aliphatic carbocycles. The van der Waals surface area contributed by atoms with E-state index in [1.165, 1.54) is 18.0 Å². The molecule has 0 unspecified atom stereocenters. The fourth-order valence-electron chi connectivity index (χ4n) is 1.38. The summed E-state index contributed by atoms with van der Waals surface area (Å²) >= 11 is 1.34. The molecule has 1 aromatic carbocycles. The Bertz CT molecular complexity index is 559. The first-order chi connectivity index (χ1) is 8.33. The van der Waals surface area contributed by atoms with Crippen LogP contribution in [0.5, 0.6) is 0 Å². The number of aliphatic hydroxyl groups is 1. The van der Waals surface area contributed by atoms with Crippen LogP contribution in [0.4, 0.5) is 0 Å². The van der Waals surface area contributed by atoms with Crippen LogP contribution in [0.25, 0.3) is 0 Å². The summed E-state index contributed by atoms with van der Waals surface area (Å²) in [7, 11) is -2.99. The Morgan fingerprint density at radius 2 is 2.17 bits per heavy atom. The lowest BCUT2D eigenvalue weighted by molar-refractivity contribution is 0.196. The van der Waals surface area contributed by atoms with Gasteiger partial charge < -0.3 is 5.11 Å². The Kier molecular flexibility index (Phi) is 5.20. The van der Waals surface area contributed by atoms with Crippen molar-refractivity contribution < 1.29 is 13.5 Å². The maximum atomic E-state index is 11.0. The van der Waals surface area contributed by atoms with Crippen LogP contribution >= 0.6 is 11.8 Å². The molecule has 0 aliphatic rings. The van der Waals surface area contributed by atoms with Crippen LogP contribution in [-0.2, 0) is 9.84 Å². The van der Waals surface area contributed by atoms with E-state index in [0.29, 0.717) is 16.9 Å². The quantitative estimate of drug-likeness (QED) is 0.834. The third-order valence-corrected chi connectivity index (χ3v) is 4.58. The SMILES string of the molecule is C[C@@H](O)c1ccc(C#N)cc1SCCS(C)(=O)=O. The van der Waals surface area contributed by atoms with E-state index < -0.39 is 15.9 Å². The molecule has 0 bridgehead atoms. The average molecular weight is 285 g/mol. The lowest BCUT2D eigenvalue weighted by Gasteiger charge is -2.11. The second-order valence-corrected chi connectivity index (χ2v) is 7.42. The van der Waals surface area contributed by atoms with E-state index in [4.69, 9.17) is 5.26 Å². The molecule has 0 saturated carbocycles. The van der Waals surface area contributed by atoms with Gasteiger partial charge in [0.25, 0.3) is 0 Å². The third-order valence-electron chi connectivity index (χ3n) is 2.30. The number of benzene rings is 1. The van der Waals surface area contributed by atoms with Crippen molar-refractivity contribution in [1.82, 2.24) is 0 Å². The predicted molar refractivity (Wildman–Crippen MR) is 72.2 cm³/mol. The van der Waals surface area contributed by atoms with Gasteiger partial charge in [-0.05, 0) is 24.6 Å². The summed E-state index contributed by atoms with van der Waals surface area (Å²) in [5.41, 5.74) is 1.22. The Balaban J connectivity index is 2.88. The van der Waals surface area contributed by atoms with Crippen molar-refractivity contribution in [3.63, 3.8) is 0 Å². The Labute approximate surface area is 112 Å². The summed E-state index contributed by atoms with van der Waals surface area (Å²) in [4.78, 5) is 0.757. The molecule has 18 heavy (non-hydrogen) atoms. The number of aliphatic hydroxyl groups excluding tert-OH is 1. The van der Waals surface area contributed by atoms with Gasteiger partial charge in [-0.2, -0.15) is 5.26 Å². The molecule has 1 atom stereocenters. The Morgan fingerprint density at radius 1 is 1.50 bits per heavy atom. The first-order valence-corrected chi connectivity index (χ1v) is 8.41. The molecule has 0 heterocycles. The highest BCUT2D eigenvalue weighted by Gasteiger charge is 2.10. The van der Waals surface area contributed by atoms with Crippen LogP contribution in [0.1, 0.15) is 24.2 Å². The molecule has 6 heteroatoms. The highest BCUT2D eigenvalue weighted by atomic mass is 32.2. The highest BCUT2D eigenvalue weighted by Crippen LogP contribution is 2.28. The minimum atomic E-state index is -2.99. The van der Waals surface area contributed by atoms with E-state index in [0.717, 1.165) is 4.90 Å². The van der Waals surface area contributed by atoms with E-state index in [9.17, 15) is 13.5 Å². The summed E-state index contributed by atoms with van der Waals surface area (Å²) < 4.78 is 22.1. The van der Waals surface area contributed by atoms with E-state index in [1.54, 1.807) is 25.1 Å². The summed E-state index contributed by atoms with van der Waals surface area (Å²) in [5.74, 6) is 0.487. The number of rotatable bonds is 5. The molecule has 0 radical (unpaired) electrons. The summed E-state index contributed by atoms with van der Waals surface area (Å²) in [6, 6.07) is 7.04. The monoisotopic (exact) mass is 285 g/mol. The molecule has 98 valence electrons. The number of hydrogen-bond acceptors (Lipinski definition) is 5. The van der Waals surface area contributed by atoms with Gasteiger partial charge >= 0.3 is 0 Å². The lowest BCUT2D eigenvalue weighted by Crippen LogP contribution is -2.05. The van der Waals surface area contributed by atoms with E-state index in [-0.39, 0.29) is 5.75 Å². The maximum Gasteiger partial charge on any atom is 0.148 e. The van der Waals surface area contributed by atoms with Gasteiger partial charge in [0.15, 0.2) is 0 Å². The molecule has 0 spiro atoms. The molecular weight excluding hydrogens is 270 g/mol. The number of sulfone groups is 1. The van der Waals surface area contributed by atoms with Gasteiger partial charge in [-0.3, -0.25) is 0 Å². The number of hydrogen-bond donors (Lipinski definition) is 1. The number of thioether (sulfide) groups is 1. The molecule has 0 saturated heterocycles. The average Bonchev–Trinajstić information content (AvgIpc) is 2.26. The van der Waals surface area contributed by atoms with Gasteiger partial charge in [-0.15, -0.1) is 11.8 Å². The van der Waals surface area contributed by atoms with Gasteiger partial charge in [0.1, 0.15) is 9.84 Å². The standard InChI is InChI=1S/C12H15NO3S2/c1-9(14)11-4-3-10(8-13)7-12(11)17-5-6-18(2,15)16/h3-4,7,9,14H,5-6H2,1-2H3/t9-/m1/s1. The normalized spacial score (nSPS) is 13.0. The zero-order chi connectivity index (χ0) is 13.8. The molecule has 1 aromatic rings. The van der Waals surface area contributed by atoms with E-state index in [1.807, 2.05) is 6.07 Å². The topological polar surface area (TPSA) is 78.2 Å². The van der Waals surface area contributed by atoms with Gasteiger partial charge in [0.05, 0.1) is 23.5 Å². The van der Waals surface area contributed by atoms with Gasteiger partial charge in [-0.1, -0.05) is 6.07 Å². The fraction of sp³-hybridized carbons (Fsp3) is 0.417. The largest absolute Gasteiger partial charge is 0.389 e. The van der Waals surface area contributed by atoms with Gasteiger partial charge in [0.2, 0.25) is 0 Å². The van der Waals surface area contributed by atoms with Crippen LogP contribution < -0.4 is 0 Å². The van der Waals surface area contributed by atoms with Crippen molar-refractivity contribution in [2.24, 2.45) is 0 Å². The van der Waals surface area contributed by atoms with Crippen LogP contribution in [0, 0.1) is 11.3 Å². The summed E-state index contributed by atoms with van der Waals surface area (Å²) in [5, 5.41) is 18.4. The Hall–Kier alpha value is -1.03. The molecule has 1 rings (SSSR count). The van der Waals surface area contributed by atoms with Crippen molar-refractivity contribution >= 4 is 21.6 Å². The van der Waals surface area contributed by atoms with Crippen LogP contribution in [-0.4, -0.2) is 31.3 Å². The zero-order valence-corrected chi connectivity index (χ0v) is 11.9. The molecule has 1 N–H and O–H groups in total.